The van der Waals surface area contributed by atoms with Crippen LogP contribution in [0.25, 0.3) is 0 Å². The summed E-state index contributed by atoms with van der Waals surface area (Å²) >= 11 is 5.99. The van der Waals surface area contributed by atoms with Crippen LogP contribution in [-0.2, 0) is 4.79 Å². The van der Waals surface area contributed by atoms with Crippen molar-refractivity contribution in [3.8, 4) is 5.75 Å². The average Bonchev–Trinajstić information content (AvgIpc) is 2.46. The summed E-state index contributed by atoms with van der Waals surface area (Å²) in [6.07, 6.45) is 0.531. The minimum atomic E-state index is 0.0260. The van der Waals surface area contributed by atoms with Crippen molar-refractivity contribution >= 4 is 23.2 Å². The highest BCUT2D eigenvalue weighted by Gasteiger charge is 2.20. The van der Waals surface area contributed by atoms with Gasteiger partial charge in [0.2, 0.25) is 5.91 Å². The average molecular weight is 314 g/mol. The molecule has 1 heterocycles. The van der Waals surface area contributed by atoms with Crippen LogP contribution in [-0.4, -0.2) is 52.8 Å². The minimum absolute atomic E-state index is 0.0260. The lowest BCUT2D eigenvalue weighted by atomic mass is 10.2. The Balaban J connectivity index is 1.80. The van der Waals surface area contributed by atoms with Crippen molar-refractivity contribution in [2.75, 3.05) is 52.2 Å². The van der Waals surface area contributed by atoms with E-state index in [4.69, 9.17) is 16.3 Å². The zero-order chi connectivity index (χ0) is 15.2. The summed E-state index contributed by atoms with van der Waals surface area (Å²) in [5, 5.41) is 3.44. The third-order valence-corrected chi connectivity index (χ3v) is 4.13. The van der Waals surface area contributed by atoms with Gasteiger partial charge in [0.1, 0.15) is 31.9 Å². The molecule has 1 saturated heterocycles. The molecule has 1 aromatic carbocycles. The lowest BCUT2D eigenvalue weighted by Gasteiger charge is -2.27. The van der Waals surface area contributed by atoms with E-state index in [9.17, 15) is 4.79 Å². The SMILES string of the molecule is COc1cc(Cl)cc(NC(=O)CC[NH+]2CC[NH+](C)CC2)c1. The molecule has 0 radical (unpaired) electrons. The van der Waals surface area contributed by atoms with Crippen molar-refractivity contribution < 1.29 is 19.3 Å². The number of amides is 1. The minimum Gasteiger partial charge on any atom is -0.497 e. The van der Waals surface area contributed by atoms with Gasteiger partial charge in [0.05, 0.1) is 27.1 Å². The van der Waals surface area contributed by atoms with Gasteiger partial charge in [-0.2, -0.15) is 0 Å². The molecule has 0 saturated carbocycles. The number of methoxy groups -OCH3 is 1. The number of carbonyl (C=O) groups excluding carboxylic acids is 1. The predicted molar refractivity (Wildman–Crippen MR) is 83.4 cm³/mol. The molecule has 1 fully saturated rings. The number of quaternary nitrogens is 2. The van der Waals surface area contributed by atoms with Gasteiger partial charge in [-0.05, 0) is 12.1 Å². The Morgan fingerprint density at radius 3 is 2.67 bits per heavy atom. The molecule has 2 rings (SSSR count). The van der Waals surface area contributed by atoms with Crippen molar-refractivity contribution in [1.82, 2.24) is 0 Å². The maximum Gasteiger partial charge on any atom is 0.230 e. The molecular formula is C15H24ClN3O2+2. The fraction of sp³-hybridized carbons (Fsp3) is 0.533. The van der Waals surface area contributed by atoms with E-state index in [0.717, 1.165) is 19.6 Å². The van der Waals surface area contributed by atoms with Crippen molar-refractivity contribution in [2.45, 2.75) is 6.42 Å². The number of benzene rings is 1. The normalized spacial score (nSPS) is 21.9. The number of nitrogens with one attached hydrogen (secondary N) is 3. The Kier molecular flexibility index (Phi) is 5.85. The van der Waals surface area contributed by atoms with E-state index in [-0.39, 0.29) is 5.91 Å². The molecular weight excluding hydrogens is 290 g/mol. The predicted octanol–water partition coefficient (Wildman–Crippen LogP) is -0.910. The molecule has 1 amide bonds. The second-order valence-corrected chi connectivity index (χ2v) is 6.07. The smallest absolute Gasteiger partial charge is 0.230 e. The number of hydrogen-bond donors (Lipinski definition) is 3. The molecule has 1 aromatic rings. The van der Waals surface area contributed by atoms with Crippen LogP contribution in [0.15, 0.2) is 18.2 Å². The van der Waals surface area contributed by atoms with Crippen LogP contribution >= 0.6 is 11.6 Å². The highest BCUT2D eigenvalue weighted by Crippen LogP contribution is 2.24. The van der Waals surface area contributed by atoms with Gasteiger partial charge in [0.25, 0.3) is 0 Å². The summed E-state index contributed by atoms with van der Waals surface area (Å²) in [5.74, 6) is 0.670. The monoisotopic (exact) mass is 313 g/mol. The summed E-state index contributed by atoms with van der Waals surface area (Å²) in [7, 11) is 3.80. The van der Waals surface area contributed by atoms with Crippen LogP contribution in [0.5, 0.6) is 5.75 Å². The van der Waals surface area contributed by atoms with E-state index in [1.54, 1.807) is 30.2 Å². The van der Waals surface area contributed by atoms with Crippen LogP contribution in [0.1, 0.15) is 6.42 Å². The Bertz CT molecular complexity index is 488. The highest BCUT2D eigenvalue weighted by atomic mass is 35.5. The molecule has 6 heteroatoms. The van der Waals surface area contributed by atoms with Crippen molar-refractivity contribution in [3.63, 3.8) is 0 Å². The van der Waals surface area contributed by atoms with Crippen molar-refractivity contribution in [1.29, 1.82) is 0 Å². The first-order valence-corrected chi connectivity index (χ1v) is 7.74. The van der Waals surface area contributed by atoms with Crippen LogP contribution < -0.4 is 19.9 Å². The molecule has 1 aliphatic heterocycles. The second-order valence-electron chi connectivity index (χ2n) is 5.64. The summed E-state index contributed by atoms with van der Waals surface area (Å²) in [6.45, 7) is 5.54. The summed E-state index contributed by atoms with van der Waals surface area (Å²) < 4.78 is 5.14. The molecule has 0 unspecified atom stereocenters. The van der Waals surface area contributed by atoms with Gasteiger partial charge in [0, 0.05) is 16.8 Å². The summed E-state index contributed by atoms with van der Waals surface area (Å²) in [4.78, 5) is 15.1. The lowest BCUT2D eigenvalue weighted by Crippen LogP contribution is -3.27. The molecule has 0 aromatic heterocycles. The molecule has 0 aliphatic carbocycles. The maximum absolute atomic E-state index is 12.0. The van der Waals surface area contributed by atoms with Gasteiger partial charge >= 0.3 is 0 Å². The molecule has 5 nitrogen and oxygen atoms in total. The van der Waals surface area contributed by atoms with Crippen molar-refractivity contribution in [2.24, 2.45) is 0 Å². The van der Waals surface area contributed by atoms with E-state index in [0.29, 0.717) is 22.9 Å². The number of piperazine rings is 1. The van der Waals surface area contributed by atoms with Crippen molar-refractivity contribution in [3.05, 3.63) is 23.2 Å². The topological polar surface area (TPSA) is 47.2 Å². The van der Waals surface area contributed by atoms with E-state index < -0.39 is 0 Å². The Hall–Kier alpha value is -1.30. The zero-order valence-electron chi connectivity index (χ0n) is 12.7. The third-order valence-electron chi connectivity index (χ3n) is 3.91. The number of anilines is 1. The van der Waals surface area contributed by atoms with Gasteiger partial charge in [0.15, 0.2) is 0 Å². The van der Waals surface area contributed by atoms with Gasteiger partial charge in [-0.3, -0.25) is 4.79 Å². The second kappa shape index (κ2) is 7.64. The molecule has 0 atom stereocenters. The first-order valence-electron chi connectivity index (χ1n) is 7.36. The Labute approximate surface area is 130 Å². The maximum atomic E-state index is 12.0. The van der Waals surface area contributed by atoms with Gasteiger partial charge < -0.3 is 19.9 Å². The highest BCUT2D eigenvalue weighted by molar-refractivity contribution is 6.31. The summed E-state index contributed by atoms with van der Waals surface area (Å²) in [5.41, 5.74) is 0.683. The van der Waals surface area contributed by atoms with Gasteiger partial charge in [-0.1, -0.05) is 11.6 Å². The molecule has 0 spiro atoms. The largest absolute Gasteiger partial charge is 0.497 e. The first kappa shape index (κ1) is 16.1. The van der Waals surface area contributed by atoms with Gasteiger partial charge in [-0.25, -0.2) is 0 Å². The first-order chi connectivity index (χ1) is 10.1. The van der Waals surface area contributed by atoms with Crippen LogP contribution in [0.4, 0.5) is 5.69 Å². The molecule has 0 bridgehead atoms. The number of halogens is 1. The molecule has 1 aliphatic rings. The molecule has 3 N–H and O–H groups in total. The van der Waals surface area contributed by atoms with E-state index in [2.05, 4.69) is 12.4 Å². The van der Waals surface area contributed by atoms with E-state index in [1.807, 2.05) is 0 Å². The standard InChI is InChI=1S/C15H22ClN3O2/c1-18-5-7-19(8-6-18)4-3-15(20)17-13-9-12(16)10-14(11-13)21-2/h9-11H,3-8H2,1-2H3,(H,17,20)/p+2. The third kappa shape index (κ3) is 5.19. The number of ether oxygens (including phenoxy) is 1. The van der Waals surface area contributed by atoms with Crippen LogP contribution in [0.2, 0.25) is 5.02 Å². The molecule has 21 heavy (non-hydrogen) atoms. The fourth-order valence-electron chi connectivity index (χ4n) is 2.55. The number of likely N-dealkylation sites (N-methyl/N-ethyl adjacent to an activating group) is 1. The van der Waals surface area contributed by atoms with Crippen LogP contribution in [0.3, 0.4) is 0 Å². The summed E-state index contributed by atoms with van der Waals surface area (Å²) in [6, 6.07) is 5.22. The van der Waals surface area contributed by atoms with Crippen LogP contribution in [0, 0.1) is 0 Å². The Morgan fingerprint density at radius 2 is 2.00 bits per heavy atom. The molecule has 116 valence electrons. The fourth-order valence-corrected chi connectivity index (χ4v) is 2.77. The van der Waals surface area contributed by atoms with E-state index >= 15 is 0 Å². The van der Waals surface area contributed by atoms with E-state index in [1.165, 1.54) is 18.0 Å². The van der Waals surface area contributed by atoms with Gasteiger partial charge in [-0.15, -0.1) is 0 Å². The zero-order valence-corrected chi connectivity index (χ0v) is 13.4. The number of rotatable bonds is 5. The Morgan fingerprint density at radius 1 is 1.29 bits per heavy atom. The number of carbonyl (C=O) groups is 1. The quantitative estimate of drug-likeness (QED) is 0.659. The number of hydrogen-bond acceptors (Lipinski definition) is 2. The lowest BCUT2D eigenvalue weighted by molar-refractivity contribution is -1.00.